The summed E-state index contributed by atoms with van der Waals surface area (Å²) in [5.41, 5.74) is -0.419. The van der Waals surface area contributed by atoms with Crippen molar-refractivity contribution in [1.29, 1.82) is 0 Å². The third-order valence-electron chi connectivity index (χ3n) is 2.97. The van der Waals surface area contributed by atoms with Crippen LogP contribution in [0, 0.1) is 0 Å². The Morgan fingerprint density at radius 3 is 2.45 bits per heavy atom. The summed E-state index contributed by atoms with van der Waals surface area (Å²) >= 11 is 0. The highest BCUT2D eigenvalue weighted by molar-refractivity contribution is 6.02. The van der Waals surface area contributed by atoms with E-state index in [2.05, 4.69) is 15.5 Å². The number of nitrogens with zero attached hydrogens (tertiary/aromatic N) is 1. The summed E-state index contributed by atoms with van der Waals surface area (Å²) in [5.74, 6) is -1.16. The molecule has 7 heteroatoms. The first-order chi connectivity index (χ1) is 10.4. The van der Waals surface area contributed by atoms with Crippen LogP contribution >= 0.6 is 0 Å². The number of benzene rings is 1. The molecule has 1 aromatic carbocycles. The van der Waals surface area contributed by atoms with Gasteiger partial charge in [-0.2, -0.15) is 5.10 Å². The van der Waals surface area contributed by atoms with E-state index in [-0.39, 0.29) is 11.7 Å². The Morgan fingerprint density at radius 1 is 1.18 bits per heavy atom. The van der Waals surface area contributed by atoms with Crippen molar-refractivity contribution < 1.29 is 14.3 Å². The molecular formula is C15H17N3O4. The highest BCUT2D eigenvalue weighted by Crippen LogP contribution is 2.14. The summed E-state index contributed by atoms with van der Waals surface area (Å²) in [5, 5.41) is 9.36. The maximum Gasteiger partial charge on any atom is 0.360 e. The molecule has 0 unspecified atom stereocenters. The Bertz CT molecular complexity index is 767. The van der Waals surface area contributed by atoms with Crippen LogP contribution in [0.1, 0.15) is 31.3 Å². The van der Waals surface area contributed by atoms with E-state index in [1.165, 1.54) is 6.92 Å². The van der Waals surface area contributed by atoms with Crippen LogP contribution in [0.5, 0.6) is 0 Å². The van der Waals surface area contributed by atoms with E-state index in [1.54, 1.807) is 24.3 Å². The van der Waals surface area contributed by atoms with E-state index < -0.39 is 23.5 Å². The van der Waals surface area contributed by atoms with Gasteiger partial charge in [-0.3, -0.25) is 9.59 Å². The number of rotatable bonds is 4. The van der Waals surface area contributed by atoms with Gasteiger partial charge in [-0.1, -0.05) is 18.2 Å². The minimum atomic E-state index is -0.956. The standard InChI is InChI=1S/C15H17N3O4/c1-8(2)16-13(19)9(3)22-15(21)12-10-6-4-5-7-11(10)14(20)18-17-12/h4-9H,1-3H3,(H,16,19)(H,18,20)/t9-/m0/s1. The molecule has 0 bridgehead atoms. The fraction of sp³-hybridized carbons (Fsp3) is 0.333. The summed E-state index contributed by atoms with van der Waals surface area (Å²) < 4.78 is 5.11. The minimum Gasteiger partial charge on any atom is -0.448 e. The first kappa shape index (κ1) is 15.7. The zero-order valence-corrected chi connectivity index (χ0v) is 12.5. The number of H-pyrrole nitrogens is 1. The molecule has 1 amide bonds. The molecular weight excluding hydrogens is 286 g/mol. The van der Waals surface area contributed by atoms with Gasteiger partial charge < -0.3 is 10.1 Å². The zero-order valence-electron chi connectivity index (χ0n) is 12.5. The first-order valence-corrected chi connectivity index (χ1v) is 6.89. The number of amides is 1. The second-order valence-corrected chi connectivity index (χ2v) is 5.16. The molecule has 0 saturated heterocycles. The van der Waals surface area contributed by atoms with Gasteiger partial charge in [0.1, 0.15) is 0 Å². The number of nitrogens with one attached hydrogen (secondary N) is 2. The summed E-state index contributed by atoms with van der Waals surface area (Å²) in [4.78, 5) is 35.6. The Morgan fingerprint density at radius 2 is 1.82 bits per heavy atom. The Kier molecular flexibility index (Phi) is 4.55. The lowest BCUT2D eigenvalue weighted by Gasteiger charge is -2.15. The highest BCUT2D eigenvalue weighted by atomic mass is 16.5. The van der Waals surface area contributed by atoms with Crippen molar-refractivity contribution in [3.8, 4) is 0 Å². The quantitative estimate of drug-likeness (QED) is 0.820. The van der Waals surface area contributed by atoms with Crippen LogP contribution in [0.3, 0.4) is 0 Å². The van der Waals surface area contributed by atoms with E-state index in [9.17, 15) is 14.4 Å². The van der Waals surface area contributed by atoms with Crippen molar-refractivity contribution >= 4 is 22.6 Å². The van der Waals surface area contributed by atoms with Crippen molar-refractivity contribution in [1.82, 2.24) is 15.5 Å². The van der Waals surface area contributed by atoms with Gasteiger partial charge in [0, 0.05) is 11.4 Å². The monoisotopic (exact) mass is 303 g/mol. The molecule has 22 heavy (non-hydrogen) atoms. The number of hydrogen-bond acceptors (Lipinski definition) is 5. The maximum atomic E-state index is 12.2. The van der Waals surface area contributed by atoms with Gasteiger partial charge >= 0.3 is 5.97 Å². The fourth-order valence-electron chi connectivity index (χ4n) is 1.94. The molecule has 7 nitrogen and oxygen atoms in total. The lowest BCUT2D eigenvalue weighted by atomic mass is 10.1. The van der Waals surface area contributed by atoms with Crippen LogP contribution in [0.15, 0.2) is 29.1 Å². The van der Waals surface area contributed by atoms with Crippen LogP contribution in [-0.4, -0.2) is 34.2 Å². The second-order valence-electron chi connectivity index (χ2n) is 5.16. The molecule has 2 N–H and O–H groups in total. The minimum absolute atomic E-state index is 0.0283. The predicted molar refractivity (Wildman–Crippen MR) is 80.5 cm³/mol. The second kappa shape index (κ2) is 6.38. The molecule has 0 aliphatic carbocycles. The molecule has 1 heterocycles. The number of carbonyl (C=O) groups is 2. The maximum absolute atomic E-state index is 12.2. The lowest BCUT2D eigenvalue weighted by molar-refractivity contribution is -0.129. The molecule has 2 rings (SSSR count). The van der Waals surface area contributed by atoms with Crippen molar-refractivity contribution in [2.45, 2.75) is 32.9 Å². The van der Waals surface area contributed by atoms with E-state index in [1.807, 2.05) is 13.8 Å². The third-order valence-corrected chi connectivity index (χ3v) is 2.97. The molecule has 1 aromatic heterocycles. The van der Waals surface area contributed by atoms with E-state index in [0.717, 1.165) is 0 Å². The highest BCUT2D eigenvalue weighted by Gasteiger charge is 2.22. The zero-order chi connectivity index (χ0) is 16.3. The molecule has 1 atom stereocenters. The van der Waals surface area contributed by atoms with Crippen LogP contribution in [0.4, 0.5) is 0 Å². The van der Waals surface area contributed by atoms with Crippen LogP contribution in [-0.2, 0) is 9.53 Å². The van der Waals surface area contributed by atoms with Gasteiger partial charge in [0.2, 0.25) is 0 Å². The van der Waals surface area contributed by atoms with Crippen molar-refractivity contribution in [3.05, 3.63) is 40.3 Å². The van der Waals surface area contributed by atoms with Crippen molar-refractivity contribution in [2.24, 2.45) is 0 Å². The summed E-state index contributed by atoms with van der Waals surface area (Å²) in [6.07, 6.45) is -0.956. The van der Waals surface area contributed by atoms with Gasteiger partial charge in [-0.05, 0) is 26.8 Å². The number of aromatic amines is 1. The summed E-state index contributed by atoms with van der Waals surface area (Å²) in [6.45, 7) is 5.09. The molecule has 0 aliphatic heterocycles. The van der Waals surface area contributed by atoms with E-state index in [4.69, 9.17) is 4.74 Å². The van der Waals surface area contributed by atoms with Gasteiger partial charge in [0.15, 0.2) is 11.8 Å². The smallest absolute Gasteiger partial charge is 0.360 e. The van der Waals surface area contributed by atoms with Gasteiger partial charge in [-0.25, -0.2) is 9.89 Å². The molecule has 0 saturated carbocycles. The number of carbonyl (C=O) groups excluding carboxylic acids is 2. The molecule has 0 spiro atoms. The van der Waals surface area contributed by atoms with Gasteiger partial charge in [0.25, 0.3) is 11.5 Å². The van der Waals surface area contributed by atoms with Crippen LogP contribution < -0.4 is 10.9 Å². The van der Waals surface area contributed by atoms with Crippen molar-refractivity contribution in [2.75, 3.05) is 0 Å². The summed E-state index contributed by atoms with van der Waals surface area (Å²) in [6, 6.07) is 6.51. The molecule has 0 aliphatic rings. The van der Waals surface area contributed by atoms with Crippen LogP contribution in [0.25, 0.3) is 10.8 Å². The fourth-order valence-corrected chi connectivity index (χ4v) is 1.94. The number of esters is 1. The Balaban J connectivity index is 2.26. The molecule has 0 radical (unpaired) electrons. The normalized spacial score (nSPS) is 12.2. The molecule has 2 aromatic rings. The van der Waals surface area contributed by atoms with E-state index >= 15 is 0 Å². The Hall–Kier alpha value is -2.70. The first-order valence-electron chi connectivity index (χ1n) is 6.89. The average molecular weight is 303 g/mol. The number of fused-ring (bicyclic) bond motifs is 1. The molecule has 116 valence electrons. The average Bonchev–Trinajstić information content (AvgIpc) is 2.47. The third kappa shape index (κ3) is 3.30. The predicted octanol–water partition coefficient (Wildman–Crippen LogP) is 0.993. The number of aromatic nitrogens is 2. The molecule has 0 fully saturated rings. The van der Waals surface area contributed by atoms with Crippen LogP contribution in [0.2, 0.25) is 0 Å². The topological polar surface area (TPSA) is 101 Å². The number of ether oxygens (including phenoxy) is 1. The Labute approximate surface area is 126 Å². The SMILES string of the molecule is CC(C)NC(=O)[C@H](C)OC(=O)c1n[nH]c(=O)c2ccccc12. The number of hydrogen-bond donors (Lipinski definition) is 2. The largest absolute Gasteiger partial charge is 0.448 e. The van der Waals surface area contributed by atoms with E-state index in [0.29, 0.717) is 10.8 Å². The van der Waals surface area contributed by atoms with Crippen molar-refractivity contribution in [3.63, 3.8) is 0 Å². The van der Waals surface area contributed by atoms with Gasteiger partial charge in [-0.15, -0.1) is 0 Å². The summed E-state index contributed by atoms with van der Waals surface area (Å²) in [7, 11) is 0. The van der Waals surface area contributed by atoms with Gasteiger partial charge in [0.05, 0.1) is 5.39 Å². The lowest BCUT2D eigenvalue weighted by Crippen LogP contribution is -2.39.